The lowest BCUT2D eigenvalue weighted by molar-refractivity contribution is 0.0940. The van der Waals surface area contributed by atoms with Crippen molar-refractivity contribution in [1.82, 2.24) is 10.2 Å². The Labute approximate surface area is 174 Å². The lowest BCUT2D eigenvalue weighted by atomic mass is 9.99. The molecule has 1 aliphatic heterocycles. The fraction of sp³-hybridized carbons (Fsp3) is 0.435. The molecule has 1 saturated heterocycles. The van der Waals surface area contributed by atoms with Crippen LogP contribution in [-0.2, 0) is 16.4 Å². The second-order valence-electron chi connectivity index (χ2n) is 8.22. The monoisotopic (exact) mass is 414 g/mol. The van der Waals surface area contributed by atoms with Gasteiger partial charge in [0.05, 0.1) is 10.9 Å². The number of nitrogens with zero attached hydrogens (tertiary/aromatic N) is 1. The highest BCUT2D eigenvalue weighted by atomic mass is 32.2. The van der Waals surface area contributed by atoms with Crippen molar-refractivity contribution in [2.45, 2.75) is 44.2 Å². The summed E-state index contributed by atoms with van der Waals surface area (Å²) in [6.45, 7) is 7.39. The first-order chi connectivity index (χ1) is 13.7. The summed E-state index contributed by atoms with van der Waals surface area (Å²) in [4.78, 5) is 15.3. The standard InChI is InChI=1S/C23H30N2O3S/c1-17-5-4-14-25(15-17)16-19-6-8-21(9-7-19)23(26)24-18(2)20-10-12-22(13-11-20)29(3,27)28/h6-13,17-18H,4-5,14-16H2,1-3H3,(H,24,26)/t17-,18-/m1/s1. The number of benzene rings is 2. The summed E-state index contributed by atoms with van der Waals surface area (Å²) >= 11 is 0. The third-order valence-corrected chi connectivity index (χ3v) is 6.65. The molecule has 0 unspecified atom stereocenters. The summed E-state index contributed by atoms with van der Waals surface area (Å²) in [5.74, 6) is 0.615. The van der Waals surface area contributed by atoms with Crippen LogP contribution in [0.25, 0.3) is 0 Å². The number of piperidine rings is 1. The van der Waals surface area contributed by atoms with E-state index in [1.54, 1.807) is 24.3 Å². The third kappa shape index (κ3) is 5.90. The molecule has 0 bridgehead atoms. The smallest absolute Gasteiger partial charge is 0.251 e. The first-order valence-electron chi connectivity index (χ1n) is 10.1. The van der Waals surface area contributed by atoms with E-state index in [-0.39, 0.29) is 16.8 Å². The number of hydrogen-bond acceptors (Lipinski definition) is 4. The van der Waals surface area contributed by atoms with Gasteiger partial charge in [-0.05, 0) is 67.6 Å². The predicted octanol–water partition coefficient (Wildman–Crippen LogP) is 3.81. The number of nitrogens with one attached hydrogen (secondary N) is 1. The van der Waals surface area contributed by atoms with E-state index >= 15 is 0 Å². The number of carbonyl (C=O) groups is 1. The quantitative estimate of drug-likeness (QED) is 0.780. The van der Waals surface area contributed by atoms with Gasteiger partial charge in [0.2, 0.25) is 0 Å². The van der Waals surface area contributed by atoms with Crippen LogP contribution < -0.4 is 5.32 Å². The van der Waals surface area contributed by atoms with Crippen molar-refractivity contribution in [3.8, 4) is 0 Å². The van der Waals surface area contributed by atoms with Crippen LogP contribution in [0.5, 0.6) is 0 Å². The third-order valence-electron chi connectivity index (χ3n) is 5.52. The van der Waals surface area contributed by atoms with Crippen molar-refractivity contribution >= 4 is 15.7 Å². The topological polar surface area (TPSA) is 66.5 Å². The van der Waals surface area contributed by atoms with Crippen molar-refractivity contribution < 1.29 is 13.2 Å². The number of likely N-dealkylation sites (tertiary alicyclic amines) is 1. The Morgan fingerprint density at radius 1 is 1.14 bits per heavy atom. The number of rotatable bonds is 6. The second-order valence-corrected chi connectivity index (χ2v) is 10.2. The largest absolute Gasteiger partial charge is 0.346 e. The lowest BCUT2D eigenvalue weighted by Crippen LogP contribution is -2.33. The van der Waals surface area contributed by atoms with Crippen molar-refractivity contribution in [2.24, 2.45) is 5.92 Å². The molecular weight excluding hydrogens is 384 g/mol. The Morgan fingerprint density at radius 2 is 1.79 bits per heavy atom. The summed E-state index contributed by atoms with van der Waals surface area (Å²) in [5, 5.41) is 2.98. The Hall–Kier alpha value is -2.18. The minimum atomic E-state index is -3.22. The van der Waals surface area contributed by atoms with Crippen LogP contribution >= 0.6 is 0 Å². The van der Waals surface area contributed by atoms with Gasteiger partial charge < -0.3 is 5.32 Å². The molecule has 1 heterocycles. The molecule has 1 amide bonds. The maximum absolute atomic E-state index is 12.6. The molecule has 1 aliphatic rings. The highest BCUT2D eigenvalue weighted by Gasteiger charge is 2.17. The van der Waals surface area contributed by atoms with Crippen LogP contribution in [0.3, 0.4) is 0 Å². The normalized spacial score (nSPS) is 18.9. The maximum Gasteiger partial charge on any atom is 0.251 e. The Balaban J connectivity index is 1.58. The van der Waals surface area contributed by atoms with Crippen LogP contribution in [0, 0.1) is 5.92 Å². The summed E-state index contributed by atoms with van der Waals surface area (Å²) in [5.41, 5.74) is 2.71. The van der Waals surface area contributed by atoms with E-state index in [1.807, 2.05) is 31.2 Å². The van der Waals surface area contributed by atoms with Crippen molar-refractivity contribution in [3.63, 3.8) is 0 Å². The zero-order chi connectivity index (χ0) is 21.0. The average molecular weight is 415 g/mol. The molecule has 6 heteroatoms. The minimum Gasteiger partial charge on any atom is -0.346 e. The number of amides is 1. The maximum atomic E-state index is 12.6. The van der Waals surface area contributed by atoms with Crippen LogP contribution in [0.2, 0.25) is 0 Å². The summed E-state index contributed by atoms with van der Waals surface area (Å²) < 4.78 is 23.1. The van der Waals surface area contributed by atoms with Gasteiger partial charge in [0, 0.05) is 24.9 Å². The van der Waals surface area contributed by atoms with Gasteiger partial charge >= 0.3 is 0 Å². The molecule has 0 aliphatic carbocycles. The van der Waals surface area contributed by atoms with E-state index in [0.717, 1.165) is 31.1 Å². The van der Waals surface area contributed by atoms with E-state index in [0.29, 0.717) is 5.56 Å². The van der Waals surface area contributed by atoms with E-state index in [2.05, 4.69) is 17.1 Å². The van der Waals surface area contributed by atoms with Crippen molar-refractivity contribution in [2.75, 3.05) is 19.3 Å². The average Bonchev–Trinajstić information content (AvgIpc) is 2.68. The van der Waals surface area contributed by atoms with E-state index in [1.165, 1.54) is 24.7 Å². The predicted molar refractivity (Wildman–Crippen MR) is 116 cm³/mol. The molecule has 0 spiro atoms. The SMILES string of the molecule is C[C@@H]1CCCN(Cc2ccc(C(=O)N[C@H](C)c3ccc(S(C)(=O)=O)cc3)cc2)C1. The Bertz CT molecular complexity index is 937. The van der Waals surface area contributed by atoms with Crippen molar-refractivity contribution in [3.05, 3.63) is 65.2 Å². The Morgan fingerprint density at radius 3 is 2.38 bits per heavy atom. The molecule has 1 fully saturated rings. The van der Waals surface area contributed by atoms with Gasteiger partial charge in [-0.15, -0.1) is 0 Å². The number of sulfone groups is 1. The fourth-order valence-electron chi connectivity index (χ4n) is 3.82. The highest BCUT2D eigenvalue weighted by molar-refractivity contribution is 7.90. The first-order valence-corrected chi connectivity index (χ1v) is 12.0. The second kappa shape index (κ2) is 9.09. The molecule has 2 aromatic rings. The van der Waals surface area contributed by atoms with Crippen molar-refractivity contribution in [1.29, 1.82) is 0 Å². The summed E-state index contributed by atoms with van der Waals surface area (Å²) in [6.07, 6.45) is 3.75. The number of hydrogen-bond donors (Lipinski definition) is 1. The van der Waals surface area contributed by atoms with E-state index in [4.69, 9.17) is 0 Å². The summed E-state index contributed by atoms with van der Waals surface area (Å²) in [7, 11) is -3.22. The molecule has 5 nitrogen and oxygen atoms in total. The van der Waals surface area contributed by atoms with Gasteiger partial charge in [-0.25, -0.2) is 8.42 Å². The molecule has 0 saturated carbocycles. The molecule has 156 valence electrons. The van der Waals surface area contributed by atoms with Gasteiger partial charge in [0.15, 0.2) is 9.84 Å². The van der Waals surface area contributed by atoms with E-state index in [9.17, 15) is 13.2 Å². The van der Waals surface area contributed by atoms with Gasteiger partial charge in [-0.2, -0.15) is 0 Å². The summed E-state index contributed by atoms with van der Waals surface area (Å²) in [6, 6.07) is 14.2. The van der Waals surface area contributed by atoms with Gasteiger partial charge in [-0.1, -0.05) is 31.2 Å². The van der Waals surface area contributed by atoms with Gasteiger partial charge in [-0.3, -0.25) is 9.69 Å². The van der Waals surface area contributed by atoms with Crippen LogP contribution in [0.15, 0.2) is 53.4 Å². The molecular formula is C23H30N2O3S. The number of carbonyl (C=O) groups excluding carboxylic acids is 1. The molecule has 2 aromatic carbocycles. The molecule has 2 atom stereocenters. The first kappa shape index (κ1) is 21.5. The zero-order valence-corrected chi connectivity index (χ0v) is 18.2. The highest BCUT2D eigenvalue weighted by Crippen LogP contribution is 2.19. The van der Waals surface area contributed by atoms with Crippen LogP contribution in [0.4, 0.5) is 0 Å². The van der Waals surface area contributed by atoms with E-state index < -0.39 is 9.84 Å². The minimum absolute atomic E-state index is 0.136. The lowest BCUT2D eigenvalue weighted by Gasteiger charge is -2.30. The van der Waals surface area contributed by atoms with Crippen LogP contribution in [0.1, 0.15) is 54.2 Å². The van der Waals surface area contributed by atoms with Gasteiger partial charge in [0.25, 0.3) is 5.91 Å². The molecule has 0 radical (unpaired) electrons. The fourth-order valence-corrected chi connectivity index (χ4v) is 4.45. The van der Waals surface area contributed by atoms with Crippen LogP contribution in [-0.4, -0.2) is 38.6 Å². The molecule has 29 heavy (non-hydrogen) atoms. The molecule has 1 N–H and O–H groups in total. The van der Waals surface area contributed by atoms with Gasteiger partial charge in [0.1, 0.15) is 0 Å². The molecule has 3 rings (SSSR count). The zero-order valence-electron chi connectivity index (χ0n) is 17.4. The molecule has 0 aromatic heterocycles. The Kier molecular flexibility index (Phi) is 6.75.